The molecule has 1 aliphatic rings. The van der Waals surface area contributed by atoms with E-state index in [9.17, 15) is 14.7 Å². The first-order chi connectivity index (χ1) is 15.2. The van der Waals surface area contributed by atoms with E-state index in [1.165, 1.54) is 25.3 Å². The lowest BCUT2D eigenvalue weighted by molar-refractivity contribution is -0.255. The summed E-state index contributed by atoms with van der Waals surface area (Å²) in [6, 6.07) is 14.5. The minimum absolute atomic E-state index is 0.0696. The molecule has 1 heterocycles. The lowest BCUT2D eigenvalue weighted by Crippen LogP contribution is -2.39. The van der Waals surface area contributed by atoms with Crippen LogP contribution in [0.1, 0.15) is 34.0 Å². The number of amides is 1. The zero-order valence-corrected chi connectivity index (χ0v) is 19.4. The van der Waals surface area contributed by atoms with Crippen molar-refractivity contribution < 1.29 is 19.4 Å². The molecule has 0 bridgehead atoms. The van der Waals surface area contributed by atoms with Crippen molar-refractivity contribution in [1.29, 1.82) is 0 Å². The van der Waals surface area contributed by atoms with Gasteiger partial charge in [0.15, 0.2) is 0 Å². The summed E-state index contributed by atoms with van der Waals surface area (Å²) in [4.78, 5) is 27.0. The number of carboxylic acid groups (broad SMARTS) is 1. The van der Waals surface area contributed by atoms with Crippen LogP contribution in [0.15, 0.2) is 54.6 Å². The van der Waals surface area contributed by atoms with Crippen molar-refractivity contribution in [3.63, 3.8) is 0 Å². The summed E-state index contributed by atoms with van der Waals surface area (Å²) < 4.78 is 5.44. The number of nitrogens with zero attached hydrogens (tertiary/aromatic N) is 1. The molecular weight excluding hydrogens is 473 g/mol. The fraction of sp³-hybridized carbons (Fsp3) is 0.167. The van der Waals surface area contributed by atoms with Gasteiger partial charge >= 0.3 is 0 Å². The Morgan fingerprint density at radius 1 is 1.00 bits per heavy atom. The number of rotatable bonds is 5. The lowest BCUT2D eigenvalue weighted by atomic mass is 9.76. The second-order valence-corrected chi connectivity index (χ2v) is 8.90. The van der Waals surface area contributed by atoms with Crippen molar-refractivity contribution in [3.8, 4) is 5.75 Å². The molecule has 0 aromatic heterocycles. The largest absolute Gasteiger partial charge is 0.545 e. The zero-order chi connectivity index (χ0) is 23.2. The molecule has 3 aromatic carbocycles. The Kier molecular flexibility index (Phi) is 5.84. The van der Waals surface area contributed by atoms with E-state index < -0.39 is 11.4 Å². The monoisotopic (exact) mass is 488 g/mol. The van der Waals surface area contributed by atoms with Crippen LogP contribution in [0.2, 0.25) is 15.1 Å². The molecule has 1 aliphatic heterocycles. The number of anilines is 1. The predicted molar refractivity (Wildman–Crippen MR) is 123 cm³/mol. The van der Waals surface area contributed by atoms with Crippen LogP contribution in [0.4, 0.5) is 5.69 Å². The molecule has 1 amide bonds. The number of carbonyl (C=O) groups excluding carboxylic acids is 2. The third-order valence-corrected chi connectivity index (χ3v) is 6.58. The zero-order valence-electron chi connectivity index (χ0n) is 17.1. The van der Waals surface area contributed by atoms with Gasteiger partial charge in [0.2, 0.25) is 5.91 Å². The second-order valence-electron chi connectivity index (χ2n) is 7.62. The molecular formula is C24H17Cl3NO4-. The van der Waals surface area contributed by atoms with Crippen LogP contribution in [-0.4, -0.2) is 19.0 Å². The lowest BCUT2D eigenvalue weighted by Gasteiger charge is -2.27. The number of methoxy groups -OCH3 is 1. The number of hydrogen-bond donors (Lipinski definition) is 0. The van der Waals surface area contributed by atoms with E-state index >= 15 is 0 Å². The number of carboxylic acids is 1. The summed E-state index contributed by atoms with van der Waals surface area (Å²) in [6.45, 7) is 1.92. The van der Waals surface area contributed by atoms with Gasteiger partial charge in [-0.25, -0.2) is 0 Å². The van der Waals surface area contributed by atoms with Gasteiger partial charge < -0.3 is 19.5 Å². The Labute approximate surface area is 200 Å². The van der Waals surface area contributed by atoms with Gasteiger partial charge in [0, 0.05) is 26.3 Å². The summed E-state index contributed by atoms with van der Waals surface area (Å²) in [5.74, 6) is -1.08. The Hall–Kier alpha value is -2.73. The number of aromatic carboxylic acids is 1. The highest BCUT2D eigenvalue weighted by atomic mass is 35.5. The average Bonchev–Trinajstić information content (AvgIpc) is 2.97. The van der Waals surface area contributed by atoms with E-state index in [2.05, 4.69) is 0 Å². The van der Waals surface area contributed by atoms with Crippen molar-refractivity contribution in [2.45, 2.75) is 18.9 Å². The van der Waals surface area contributed by atoms with Crippen LogP contribution in [0, 0.1) is 0 Å². The Morgan fingerprint density at radius 3 is 2.38 bits per heavy atom. The van der Waals surface area contributed by atoms with Gasteiger partial charge in [0.25, 0.3) is 0 Å². The maximum atomic E-state index is 13.9. The minimum atomic E-state index is -1.36. The average molecular weight is 490 g/mol. The standard InChI is InChI=1S/C24H18Cl3NO4/c1-24(17-9-13(22(29)30)4-7-19(17)27)18-10-15(25)6-8-20(18)28(23(24)31)12-14-3-5-16(26)11-21(14)32-2/h3-11H,12H2,1-2H3,(H,29,30)/p-1. The third-order valence-electron chi connectivity index (χ3n) is 5.78. The molecule has 0 fully saturated rings. The van der Waals surface area contributed by atoms with Gasteiger partial charge in [0.05, 0.1) is 19.6 Å². The first-order valence-corrected chi connectivity index (χ1v) is 10.8. The van der Waals surface area contributed by atoms with Crippen LogP contribution >= 0.6 is 34.8 Å². The number of carbonyl (C=O) groups is 2. The molecule has 164 valence electrons. The van der Waals surface area contributed by atoms with Crippen LogP contribution < -0.4 is 14.7 Å². The first-order valence-electron chi connectivity index (χ1n) is 9.62. The van der Waals surface area contributed by atoms with E-state index in [0.717, 1.165) is 5.56 Å². The molecule has 32 heavy (non-hydrogen) atoms. The van der Waals surface area contributed by atoms with Gasteiger partial charge in [-0.1, -0.05) is 46.9 Å². The SMILES string of the molecule is COc1cc(Cl)ccc1CN1C(=O)C(C)(c2cc(C(=O)[O-])ccc2Cl)c2cc(Cl)ccc21. The third kappa shape index (κ3) is 3.60. The molecule has 4 rings (SSSR count). The summed E-state index contributed by atoms with van der Waals surface area (Å²) in [7, 11) is 1.53. The van der Waals surface area contributed by atoms with Crippen molar-refractivity contribution in [2.75, 3.05) is 12.0 Å². The number of fused-ring (bicyclic) bond motifs is 1. The highest BCUT2D eigenvalue weighted by Gasteiger charge is 2.49. The number of ether oxygens (including phenoxy) is 1. The van der Waals surface area contributed by atoms with Gasteiger partial charge in [-0.2, -0.15) is 0 Å². The summed E-state index contributed by atoms with van der Waals surface area (Å²) in [5, 5.41) is 12.7. The number of benzene rings is 3. The molecule has 0 radical (unpaired) electrons. The highest BCUT2D eigenvalue weighted by molar-refractivity contribution is 6.33. The fourth-order valence-electron chi connectivity index (χ4n) is 4.11. The summed E-state index contributed by atoms with van der Waals surface area (Å²) in [6.07, 6.45) is 0. The molecule has 1 atom stereocenters. The predicted octanol–water partition coefficient (Wildman–Crippen LogP) is 4.87. The van der Waals surface area contributed by atoms with Crippen molar-refractivity contribution in [1.82, 2.24) is 0 Å². The topological polar surface area (TPSA) is 69.7 Å². The van der Waals surface area contributed by atoms with Crippen LogP contribution in [0.5, 0.6) is 5.75 Å². The number of halogens is 3. The molecule has 0 N–H and O–H groups in total. The molecule has 0 spiro atoms. The van der Waals surface area contributed by atoms with Gasteiger partial charge in [-0.15, -0.1) is 0 Å². The van der Waals surface area contributed by atoms with Crippen molar-refractivity contribution in [2.24, 2.45) is 0 Å². The molecule has 0 saturated carbocycles. The van der Waals surface area contributed by atoms with E-state index in [0.29, 0.717) is 32.6 Å². The first kappa shape index (κ1) is 22.5. The molecule has 5 nitrogen and oxygen atoms in total. The molecule has 8 heteroatoms. The summed E-state index contributed by atoms with van der Waals surface area (Å²) in [5.41, 5.74) is 1.06. The van der Waals surface area contributed by atoms with Crippen molar-refractivity contribution in [3.05, 3.63) is 91.9 Å². The van der Waals surface area contributed by atoms with Gasteiger partial charge in [0.1, 0.15) is 11.2 Å². The van der Waals surface area contributed by atoms with Crippen molar-refractivity contribution >= 4 is 52.4 Å². The minimum Gasteiger partial charge on any atom is -0.545 e. The smallest absolute Gasteiger partial charge is 0.242 e. The Bertz CT molecular complexity index is 1260. The van der Waals surface area contributed by atoms with Gasteiger partial charge in [-0.05, 0) is 66.1 Å². The van der Waals surface area contributed by atoms with E-state index in [1.54, 1.807) is 48.2 Å². The van der Waals surface area contributed by atoms with E-state index in [-0.39, 0.29) is 23.0 Å². The second kappa shape index (κ2) is 8.32. The molecule has 0 saturated heterocycles. The molecule has 3 aromatic rings. The van der Waals surface area contributed by atoms with E-state index in [1.807, 2.05) is 0 Å². The molecule has 1 unspecified atom stereocenters. The van der Waals surface area contributed by atoms with Crippen LogP contribution in [0.25, 0.3) is 0 Å². The highest BCUT2D eigenvalue weighted by Crippen LogP contribution is 2.49. The quantitative estimate of drug-likeness (QED) is 0.513. The number of hydrogen-bond acceptors (Lipinski definition) is 4. The van der Waals surface area contributed by atoms with Gasteiger partial charge in [-0.3, -0.25) is 4.79 Å². The fourth-order valence-corrected chi connectivity index (χ4v) is 4.75. The maximum absolute atomic E-state index is 13.9. The van der Waals surface area contributed by atoms with Crippen LogP contribution in [0.3, 0.4) is 0 Å². The Balaban J connectivity index is 1.89. The van der Waals surface area contributed by atoms with E-state index in [4.69, 9.17) is 39.5 Å². The molecule has 0 aliphatic carbocycles. The normalized spacial score (nSPS) is 17.4. The summed E-state index contributed by atoms with van der Waals surface area (Å²) >= 11 is 18.8. The Morgan fingerprint density at radius 2 is 1.69 bits per heavy atom. The maximum Gasteiger partial charge on any atom is 0.242 e. The van der Waals surface area contributed by atoms with Crippen LogP contribution in [-0.2, 0) is 16.8 Å².